The SMILES string of the molecule is CN(C)C(=O)c1ccc(-c2cnc3[nH]c(=O)n(C4CCCCC4)c3n2)cc1. The predicted octanol–water partition coefficient (Wildman–Crippen LogP) is 2.99. The number of nitrogens with one attached hydrogen (secondary N) is 1. The van der Waals surface area contributed by atoms with Crippen molar-refractivity contribution in [2.75, 3.05) is 14.1 Å². The maximum atomic E-state index is 12.5. The Morgan fingerprint density at radius 3 is 2.52 bits per heavy atom. The Labute approximate surface area is 157 Å². The van der Waals surface area contributed by atoms with Crippen LogP contribution in [0.3, 0.4) is 0 Å². The summed E-state index contributed by atoms with van der Waals surface area (Å²) in [5, 5.41) is 0. The molecule has 27 heavy (non-hydrogen) atoms. The van der Waals surface area contributed by atoms with Crippen molar-refractivity contribution in [2.45, 2.75) is 38.1 Å². The standard InChI is InChI=1S/C20H23N5O2/c1-24(2)19(26)14-10-8-13(9-11-14)16-12-21-17-18(22-16)25(20(27)23-17)15-6-4-3-5-7-15/h8-12,15H,3-7H2,1-2H3,(H,21,23,27). The molecule has 1 aromatic carbocycles. The first-order valence-corrected chi connectivity index (χ1v) is 9.34. The van der Waals surface area contributed by atoms with Gasteiger partial charge in [0.1, 0.15) is 0 Å². The molecule has 0 atom stereocenters. The van der Waals surface area contributed by atoms with Gasteiger partial charge in [-0.25, -0.2) is 14.8 Å². The van der Waals surface area contributed by atoms with Crippen molar-refractivity contribution in [3.05, 3.63) is 46.5 Å². The second-order valence-corrected chi connectivity index (χ2v) is 7.30. The molecule has 1 amide bonds. The van der Waals surface area contributed by atoms with E-state index in [1.54, 1.807) is 41.9 Å². The average Bonchev–Trinajstić information content (AvgIpc) is 3.03. The van der Waals surface area contributed by atoms with Gasteiger partial charge in [0.05, 0.1) is 11.9 Å². The lowest BCUT2D eigenvalue weighted by Crippen LogP contribution is -2.24. The molecule has 1 aliphatic rings. The van der Waals surface area contributed by atoms with Gasteiger partial charge in [-0.3, -0.25) is 14.3 Å². The summed E-state index contributed by atoms with van der Waals surface area (Å²) in [6.45, 7) is 0. The van der Waals surface area contributed by atoms with Gasteiger partial charge >= 0.3 is 5.69 Å². The Morgan fingerprint density at radius 2 is 1.85 bits per heavy atom. The summed E-state index contributed by atoms with van der Waals surface area (Å²) in [5.74, 6) is -0.0418. The van der Waals surface area contributed by atoms with Crippen LogP contribution in [-0.4, -0.2) is 44.4 Å². The highest BCUT2D eigenvalue weighted by Gasteiger charge is 2.21. The lowest BCUT2D eigenvalue weighted by molar-refractivity contribution is 0.0827. The lowest BCUT2D eigenvalue weighted by atomic mass is 9.95. The zero-order chi connectivity index (χ0) is 19.0. The van der Waals surface area contributed by atoms with E-state index in [2.05, 4.69) is 9.97 Å². The number of amides is 1. The minimum Gasteiger partial charge on any atom is -0.345 e. The quantitative estimate of drug-likeness (QED) is 0.773. The van der Waals surface area contributed by atoms with E-state index in [0.717, 1.165) is 31.2 Å². The minimum atomic E-state index is -0.138. The average molecular weight is 365 g/mol. The number of benzene rings is 1. The summed E-state index contributed by atoms with van der Waals surface area (Å²) in [6, 6.07) is 7.48. The first-order valence-electron chi connectivity index (χ1n) is 9.34. The van der Waals surface area contributed by atoms with Crippen LogP contribution in [0.1, 0.15) is 48.5 Å². The van der Waals surface area contributed by atoms with Crippen LogP contribution in [0.25, 0.3) is 22.6 Å². The number of aromatic nitrogens is 4. The zero-order valence-electron chi connectivity index (χ0n) is 15.6. The number of H-pyrrole nitrogens is 1. The topological polar surface area (TPSA) is 83.9 Å². The van der Waals surface area contributed by atoms with Crippen LogP contribution in [0, 0.1) is 0 Å². The first kappa shape index (κ1) is 17.5. The molecule has 7 nitrogen and oxygen atoms in total. The van der Waals surface area contributed by atoms with Gasteiger partial charge in [-0.05, 0) is 25.0 Å². The highest BCUT2D eigenvalue weighted by Crippen LogP contribution is 2.29. The molecule has 1 N–H and O–H groups in total. The third-order valence-electron chi connectivity index (χ3n) is 5.20. The molecule has 0 bridgehead atoms. The summed E-state index contributed by atoms with van der Waals surface area (Å²) in [4.78, 5) is 38.0. The van der Waals surface area contributed by atoms with Crippen LogP contribution in [0.5, 0.6) is 0 Å². The van der Waals surface area contributed by atoms with Gasteiger partial charge in [0, 0.05) is 31.3 Å². The summed E-state index contributed by atoms with van der Waals surface area (Å²) in [6.07, 6.45) is 7.16. The summed E-state index contributed by atoms with van der Waals surface area (Å²) < 4.78 is 1.77. The normalized spacial score (nSPS) is 15.2. The maximum Gasteiger partial charge on any atom is 0.329 e. The summed E-state index contributed by atoms with van der Waals surface area (Å²) in [5.41, 5.74) is 3.17. The molecular formula is C20H23N5O2. The van der Waals surface area contributed by atoms with E-state index >= 15 is 0 Å². The molecule has 0 aliphatic heterocycles. The van der Waals surface area contributed by atoms with Crippen LogP contribution < -0.4 is 5.69 Å². The van der Waals surface area contributed by atoms with Crippen molar-refractivity contribution < 1.29 is 4.79 Å². The van der Waals surface area contributed by atoms with Crippen LogP contribution in [0.4, 0.5) is 0 Å². The van der Waals surface area contributed by atoms with E-state index in [0.29, 0.717) is 22.6 Å². The zero-order valence-corrected chi connectivity index (χ0v) is 15.6. The van der Waals surface area contributed by atoms with Crippen molar-refractivity contribution in [1.29, 1.82) is 0 Å². The number of imidazole rings is 1. The molecule has 2 heterocycles. The summed E-state index contributed by atoms with van der Waals surface area (Å²) in [7, 11) is 3.46. The fourth-order valence-electron chi connectivity index (χ4n) is 3.75. The molecule has 0 radical (unpaired) electrons. The lowest BCUT2D eigenvalue weighted by Gasteiger charge is -2.22. The molecule has 1 aliphatic carbocycles. The number of nitrogens with zero attached hydrogens (tertiary/aromatic N) is 4. The van der Waals surface area contributed by atoms with Gasteiger partial charge < -0.3 is 4.90 Å². The molecule has 7 heteroatoms. The molecule has 2 aromatic heterocycles. The highest BCUT2D eigenvalue weighted by atomic mass is 16.2. The van der Waals surface area contributed by atoms with Crippen molar-refractivity contribution in [3.8, 4) is 11.3 Å². The minimum absolute atomic E-state index is 0.0418. The van der Waals surface area contributed by atoms with Gasteiger partial charge in [0.25, 0.3) is 5.91 Å². The molecule has 0 unspecified atom stereocenters. The number of carbonyl (C=O) groups excluding carboxylic acids is 1. The Bertz CT molecular complexity index is 1030. The van der Waals surface area contributed by atoms with E-state index in [1.165, 1.54) is 6.42 Å². The fourth-order valence-corrected chi connectivity index (χ4v) is 3.75. The first-order chi connectivity index (χ1) is 13.0. The van der Waals surface area contributed by atoms with Crippen LogP contribution in [0.15, 0.2) is 35.3 Å². The number of rotatable bonds is 3. The Hall–Kier alpha value is -2.96. The molecule has 1 saturated carbocycles. The van der Waals surface area contributed by atoms with Gasteiger partial charge in [0.2, 0.25) is 0 Å². The van der Waals surface area contributed by atoms with E-state index in [-0.39, 0.29) is 17.6 Å². The van der Waals surface area contributed by atoms with Crippen molar-refractivity contribution in [3.63, 3.8) is 0 Å². The second kappa shape index (κ2) is 6.98. The largest absolute Gasteiger partial charge is 0.345 e. The van der Waals surface area contributed by atoms with Gasteiger partial charge in [-0.2, -0.15) is 0 Å². The van der Waals surface area contributed by atoms with E-state index in [9.17, 15) is 9.59 Å². The molecule has 140 valence electrons. The third-order valence-corrected chi connectivity index (χ3v) is 5.20. The van der Waals surface area contributed by atoms with Crippen molar-refractivity contribution in [2.24, 2.45) is 0 Å². The predicted molar refractivity (Wildman–Crippen MR) is 104 cm³/mol. The van der Waals surface area contributed by atoms with Gasteiger partial charge in [-0.15, -0.1) is 0 Å². The fraction of sp³-hybridized carbons (Fsp3) is 0.400. The smallest absolute Gasteiger partial charge is 0.329 e. The Kier molecular flexibility index (Phi) is 4.51. The second-order valence-electron chi connectivity index (χ2n) is 7.30. The number of carbonyl (C=O) groups is 1. The summed E-state index contributed by atoms with van der Waals surface area (Å²) >= 11 is 0. The third kappa shape index (κ3) is 3.25. The highest BCUT2D eigenvalue weighted by molar-refractivity contribution is 5.94. The number of fused-ring (bicyclic) bond motifs is 1. The van der Waals surface area contributed by atoms with Crippen LogP contribution in [0.2, 0.25) is 0 Å². The number of aromatic amines is 1. The Balaban J connectivity index is 1.72. The molecule has 0 spiro atoms. The van der Waals surface area contributed by atoms with E-state index in [4.69, 9.17) is 4.98 Å². The van der Waals surface area contributed by atoms with Crippen molar-refractivity contribution >= 4 is 17.2 Å². The molecule has 1 fully saturated rings. The van der Waals surface area contributed by atoms with E-state index < -0.39 is 0 Å². The molecular weight excluding hydrogens is 342 g/mol. The van der Waals surface area contributed by atoms with Gasteiger partial charge in [-0.1, -0.05) is 31.4 Å². The molecule has 0 saturated heterocycles. The number of hydrogen-bond acceptors (Lipinski definition) is 4. The monoisotopic (exact) mass is 365 g/mol. The van der Waals surface area contributed by atoms with Crippen molar-refractivity contribution in [1.82, 2.24) is 24.4 Å². The maximum absolute atomic E-state index is 12.5. The van der Waals surface area contributed by atoms with Crippen LogP contribution >= 0.6 is 0 Å². The van der Waals surface area contributed by atoms with Crippen LogP contribution in [-0.2, 0) is 0 Å². The van der Waals surface area contributed by atoms with E-state index in [1.807, 2.05) is 12.1 Å². The molecule has 3 aromatic rings. The Morgan fingerprint density at radius 1 is 1.15 bits per heavy atom. The number of hydrogen-bond donors (Lipinski definition) is 1. The van der Waals surface area contributed by atoms with Gasteiger partial charge in [0.15, 0.2) is 11.3 Å². The molecule has 4 rings (SSSR count).